The summed E-state index contributed by atoms with van der Waals surface area (Å²) in [5, 5.41) is 3.30. The van der Waals surface area contributed by atoms with Gasteiger partial charge in [-0.2, -0.15) is 0 Å². The number of anilines is 2. The molecule has 18 heavy (non-hydrogen) atoms. The summed E-state index contributed by atoms with van der Waals surface area (Å²) < 4.78 is 0.928. The van der Waals surface area contributed by atoms with E-state index in [2.05, 4.69) is 31.2 Å². The largest absolute Gasteiger partial charge is 0.397 e. The summed E-state index contributed by atoms with van der Waals surface area (Å²) in [6.45, 7) is 2.79. The monoisotopic (exact) mass is 306 g/mol. The van der Waals surface area contributed by atoms with Crippen LogP contribution in [-0.4, -0.2) is 16.5 Å². The van der Waals surface area contributed by atoms with Crippen molar-refractivity contribution in [3.8, 4) is 0 Å². The quantitative estimate of drug-likeness (QED) is 0.911. The van der Waals surface area contributed by atoms with Crippen molar-refractivity contribution in [3.63, 3.8) is 0 Å². The third-order valence-electron chi connectivity index (χ3n) is 2.76. The molecule has 3 N–H and O–H groups in total. The van der Waals surface area contributed by atoms with Crippen molar-refractivity contribution in [1.29, 1.82) is 0 Å². The van der Waals surface area contributed by atoms with Crippen LogP contribution >= 0.6 is 15.9 Å². The van der Waals surface area contributed by atoms with Crippen LogP contribution in [0.25, 0.3) is 0 Å². The molecular weight excluding hydrogens is 292 g/mol. The van der Waals surface area contributed by atoms with E-state index in [0.29, 0.717) is 5.69 Å². The molecule has 0 saturated heterocycles. The van der Waals surface area contributed by atoms with E-state index in [9.17, 15) is 0 Å². The standard InChI is InChI=1S/C13H15BrN4/c1-9-11(15)8-18-13(12(9)14)17-7-4-10-2-5-16-6-3-10/h2-3,5-6,8H,4,7,15H2,1H3,(H,17,18). The van der Waals surface area contributed by atoms with Crippen LogP contribution < -0.4 is 11.1 Å². The number of aromatic nitrogens is 2. The van der Waals surface area contributed by atoms with Gasteiger partial charge in [0.15, 0.2) is 0 Å². The van der Waals surface area contributed by atoms with E-state index in [1.54, 1.807) is 18.6 Å². The number of rotatable bonds is 4. The molecule has 0 aliphatic carbocycles. The zero-order valence-electron chi connectivity index (χ0n) is 10.2. The lowest BCUT2D eigenvalue weighted by molar-refractivity contribution is 0.997. The fraction of sp³-hybridized carbons (Fsp3) is 0.231. The highest BCUT2D eigenvalue weighted by Gasteiger charge is 2.06. The van der Waals surface area contributed by atoms with Gasteiger partial charge in [0.1, 0.15) is 5.82 Å². The van der Waals surface area contributed by atoms with E-state index >= 15 is 0 Å². The minimum absolute atomic E-state index is 0.696. The van der Waals surface area contributed by atoms with Gasteiger partial charge in [-0.25, -0.2) is 4.98 Å². The first kappa shape index (κ1) is 12.8. The Kier molecular flexibility index (Phi) is 4.15. The third-order valence-corrected chi connectivity index (χ3v) is 3.73. The van der Waals surface area contributed by atoms with Crippen LogP contribution in [0.15, 0.2) is 35.2 Å². The Hall–Kier alpha value is -1.62. The minimum Gasteiger partial charge on any atom is -0.397 e. The molecule has 2 heterocycles. The molecule has 0 unspecified atom stereocenters. The lowest BCUT2D eigenvalue weighted by Gasteiger charge is -2.10. The number of nitrogen functional groups attached to an aromatic ring is 1. The van der Waals surface area contributed by atoms with Gasteiger partial charge in [-0.3, -0.25) is 4.98 Å². The molecule has 0 bridgehead atoms. The lowest BCUT2D eigenvalue weighted by atomic mass is 10.2. The summed E-state index contributed by atoms with van der Waals surface area (Å²) in [5.41, 5.74) is 8.74. The lowest BCUT2D eigenvalue weighted by Crippen LogP contribution is -2.08. The first-order valence-electron chi connectivity index (χ1n) is 5.72. The van der Waals surface area contributed by atoms with Crippen molar-refractivity contribution in [2.75, 3.05) is 17.6 Å². The van der Waals surface area contributed by atoms with Crippen LogP contribution in [0.2, 0.25) is 0 Å². The Morgan fingerprint density at radius 3 is 2.78 bits per heavy atom. The fourth-order valence-corrected chi connectivity index (χ4v) is 2.06. The summed E-state index contributed by atoms with van der Waals surface area (Å²) in [7, 11) is 0. The maximum atomic E-state index is 5.78. The van der Waals surface area contributed by atoms with Crippen LogP contribution in [0.3, 0.4) is 0 Å². The molecule has 0 radical (unpaired) electrons. The Morgan fingerprint density at radius 2 is 2.06 bits per heavy atom. The Morgan fingerprint density at radius 1 is 1.33 bits per heavy atom. The van der Waals surface area contributed by atoms with E-state index in [1.807, 2.05) is 19.1 Å². The smallest absolute Gasteiger partial charge is 0.140 e. The van der Waals surface area contributed by atoms with Crippen molar-refractivity contribution >= 4 is 27.4 Å². The summed E-state index contributed by atoms with van der Waals surface area (Å²) >= 11 is 3.50. The molecule has 2 rings (SSSR count). The molecule has 0 spiro atoms. The highest BCUT2D eigenvalue weighted by Crippen LogP contribution is 2.27. The highest BCUT2D eigenvalue weighted by atomic mass is 79.9. The Bertz CT molecular complexity index is 528. The van der Waals surface area contributed by atoms with E-state index in [1.165, 1.54) is 5.56 Å². The van der Waals surface area contributed by atoms with Gasteiger partial charge < -0.3 is 11.1 Å². The molecule has 94 valence electrons. The second-order valence-corrected chi connectivity index (χ2v) is 4.83. The Labute approximate surface area is 115 Å². The molecule has 0 aliphatic rings. The number of nitrogens with two attached hydrogens (primary N) is 1. The van der Waals surface area contributed by atoms with Gasteiger partial charge in [-0.1, -0.05) is 0 Å². The second-order valence-electron chi connectivity index (χ2n) is 4.03. The van der Waals surface area contributed by atoms with Gasteiger partial charge in [0.2, 0.25) is 0 Å². The molecule has 0 aromatic carbocycles. The van der Waals surface area contributed by atoms with Crippen molar-refractivity contribution < 1.29 is 0 Å². The predicted octanol–water partition coefficient (Wildman–Crippen LogP) is 2.78. The second kappa shape index (κ2) is 5.82. The average molecular weight is 307 g/mol. The number of hydrogen-bond acceptors (Lipinski definition) is 4. The molecule has 5 heteroatoms. The van der Waals surface area contributed by atoms with Gasteiger partial charge in [-0.15, -0.1) is 0 Å². The maximum absolute atomic E-state index is 5.78. The first-order chi connectivity index (χ1) is 8.68. The van der Waals surface area contributed by atoms with Crippen LogP contribution in [0.1, 0.15) is 11.1 Å². The topological polar surface area (TPSA) is 63.8 Å². The van der Waals surface area contributed by atoms with Gasteiger partial charge >= 0.3 is 0 Å². The van der Waals surface area contributed by atoms with Crippen LogP contribution in [0.4, 0.5) is 11.5 Å². The van der Waals surface area contributed by atoms with Crippen molar-refractivity contribution in [3.05, 3.63) is 46.3 Å². The molecule has 2 aromatic rings. The molecular formula is C13H15BrN4. The molecule has 0 atom stereocenters. The van der Waals surface area contributed by atoms with Crippen LogP contribution in [0.5, 0.6) is 0 Å². The average Bonchev–Trinajstić information content (AvgIpc) is 2.40. The van der Waals surface area contributed by atoms with Crippen molar-refractivity contribution in [2.45, 2.75) is 13.3 Å². The first-order valence-corrected chi connectivity index (χ1v) is 6.51. The van der Waals surface area contributed by atoms with Crippen LogP contribution in [-0.2, 0) is 6.42 Å². The molecule has 0 saturated carbocycles. The number of nitrogens with one attached hydrogen (secondary N) is 1. The molecule has 0 aliphatic heterocycles. The van der Waals surface area contributed by atoms with E-state index < -0.39 is 0 Å². The Balaban J connectivity index is 1.97. The molecule has 0 amide bonds. The van der Waals surface area contributed by atoms with Gasteiger partial charge in [0.25, 0.3) is 0 Å². The zero-order valence-corrected chi connectivity index (χ0v) is 11.7. The molecule has 2 aromatic heterocycles. The molecule has 0 fully saturated rings. The third kappa shape index (κ3) is 2.98. The number of hydrogen-bond donors (Lipinski definition) is 2. The summed E-state index contributed by atoms with van der Waals surface area (Å²) in [6, 6.07) is 4.02. The van der Waals surface area contributed by atoms with Crippen molar-refractivity contribution in [2.24, 2.45) is 0 Å². The predicted molar refractivity (Wildman–Crippen MR) is 77.5 cm³/mol. The van der Waals surface area contributed by atoms with Gasteiger partial charge in [0, 0.05) is 18.9 Å². The summed E-state index contributed by atoms with van der Waals surface area (Å²) in [6.07, 6.45) is 6.21. The number of nitrogens with zero attached hydrogens (tertiary/aromatic N) is 2. The van der Waals surface area contributed by atoms with Gasteiger partial charge in [-0.05, 0) is 52.5 Å². The van der Waals surface area contributed by atoms with Crippen molar-refractivity contribution in [1.82, 2.24) is 9.97 Å². The van der Waals surface area contributed by atoms with E-state index in [0.717, 1.165) is 28.8 Å². The van der Waals surface area contributed by atoms with Gasteiger partial charge in [0.05, 0.1) is 16.4 Å². The maximum Gasteiger partial charge on any atom is 0.140 e. The number of halogens is 1. The fourth-order valence-electron chi connectivity index (χ4n) is 1.59. The summed E-state index contributed by atoms with van der Waals surface area (Å²) in [4.78, 5) is 8.27. The van der Waals surface area contributed by atoms with E-state index in [4.69, 9.17) is 5.73 Å². The highest BCUT2D eigenvalue weighted by molar-refractivity contribution is 9.10. The number of pyridine rings is 2. The minimum atomic E-state index is 0.696. The zero-order chi connectivity index (χ0) is 13.0. The molecule has 4 nitrogen and oxygen atoms in total. The SMILES string of the molecule is Cc1c(N)cnc(NCCc2ccncc2)c1Br. The normalized spacial score (nSPS) is 10.3. The van der Waals surface area contributed by atoms with E-state index in [-0.39, 0.29) is 0 Å². The summed E-state index contributed by atoms with van der Waals surface area (Å²) in [5.74, 6) is 0.829. The van der Waals surface area contributed by atoms with Crippen LogP contribution in [0, 0.1) is 6.92 Å².